The van der Waals surface area contributed by atoms with Crippen molar-refractivity contribution in [2.75, 3.05) is 17.7 Å². The van der Waals surface area contributed by atoms with Crippen LogP contribution in [0.5, 0.6) is 5.88 Å². The Hall–Kier alpha value is -2.30. The maximum Gasteiger partial charge on any atom is 0.239 e. The van der Waals surface area contributed by atoms with Crippen molar-refractivity contribution in [1.82, 2.24) is 9.97 Å². The first-order valence-electron chi connectivity index (χ1n) is 6.26. The van der Waals surface area contributed by atoms with E-state index in [1.54, 1.807) is 12.3 Å². The number of hydrogen-bond acceptors (Lipinski definition) is 5. The van der Waals surface area contributed by atoms with Crippen LogP contribution in [0.4, 0.5) is 11.5 Å². The third kappa shape index (κ3) is 3.34. The largest absolute Gasteiger partial charge is 0.476 e. The monoisotopic (exact) mass is 258 g/mol. The third-order valence-corrected chi connectivity index (χ3v) is 2.72. The van der Waals surface area contributed by atoms with E-state index in [0.29, 0.717) is 18.2 Å². The molecule has 19 heavy (non-hydrogen) atoms. The number of nitrogens with one attached hydrogen (secondary N) is 1. The summed E-state index contributed by atoms with van der Waals surface area (Å²) in [5, 5.41) is 3.30. The molecule has 5 nitrogen and oxygen atoms in total. The van der Waals surface area contributed by atoms with E-state index in [0.717, 1.165) is 11.4 Å². The molecule has 0 aliphatic heterocycles. The van der Waals surface area contributed by atoms with Crippen molar-refractivity contribution in [2.24, 2.45) is 0 Å². The van der Waals surface area contributed by atoms with E-state index < -0.39 is 0 Å². The number of nitrogens with zero attached hydrogens (tertiary/aromatic N) is 2. The van der Waals surface area contributed by atoms with E-state index >= 15 is 0 Å². The van der Waals surface area contributed by atoms with Crippen LogP contribution in [0.25, 0.3) is 0 Å². The number of aromatic nitrogens is 2. The Labute approximate surface area is 112 Å². The fraction of sp³-hybridized carbons (Fsp3) is 0.286. The Bertz CT molecular complexity index is 530. The van der Waals surface area contributed by atoms with E-state index in [1.807, 2.05) is 31.3 Å². The maximum absolute atomic E-state index is 5.79. The zero-order valence-corrected chi connectivity index (χ0v) is 11.1. The minimum atomic E-state index is 0.110. The Balaban J connectivity index is 2.13. The molecule has 2 rings (SSSR count). The van der Waals surface area contributed by atoms with Crippen LogP contribution in [0, 0.1) is 0 Å². The standard InChI is InChI=1S/C14H18N4O/c1-3-19-14-12(15)6-7-13(18-14)17-10(2)11-5-4-8-16-9-11/h4-10H,3,15H2,1-2H3,(H,17,18). The molecule has 2 aromatic heterocycles. The smallest absolute Gasteiger partial charge is 0.239 e. The second kappa shape index (κ2) is 6.04. The fourth-order valence-electron chi connectivity index (χ4n) is 1.72. The number of rotatable bonds is 5. The average molecular weight is 258 g/mol. The first kappa shape index (κ1) is 13.1. The lowest BCUT2D eigenvalue weighted by atomic mass is 10.1. The van der Waals surface area contributed by atoms with Crippen LogP contribution in [-0.4, -0.2) is 16.6 Å². The molecule has 5 heteroatoms. The molecule has 1 unspecified atom stereocenters. The van der Waals surface area contributed by atoms with Crippen LogP contribution in [0.2, 0.25) is 0 Å². The van der Waals surface area contributed by atoms with E-state index in [1.165, 1.54) is 0 Å². The summed E-state index contributed by atoms with van der Waals surface area (Å²) in [7, 11) is 0. The summed E-state index contributed by atoms with van der Waals surface area (Å²) in [6, 6.07) is 7.67. The van der Waals surface area contributed by atoms with Gasteiger partial charge >= 0.3 is 0 Å². The van der Waals surface area contributed by atoms with Crippen LogP contribution < -0.4 is 15.8 Å². The number of anilines is 2. The number of nitrogen functional groups attached to an aromatic ring is 1. The van der Waals surface area contributed by atoms with Crippen LogP contribution in [0.15, 0.2) is 36.7 Å². The van der Waals surface area contributed by atoms with Crippen molar-refractivity contribution in [3.63, 3.8) is 0 Å². The van der Waals surface area contributed by atoms with E-state index in [9.17, 15) is 0 Å². The molecule has 0 saturated heterocycles. The third-order valence-electron chi connectivity index (χ3n) is 2.72. The highest BCUT2D eigenvalue weighted by atomic mass is 16.5. The first-order valence-corrected chi connectivity index (χ1v) is 6.26. The molecule has 100 valence electrons. The van der Waals surface area contributed by atoms with Crippen LogP contribution >= 0.6 is 0 Å². The van der Waals surface area contributed by atoms with Crippen molar-refractivity contribution in [3.8, 4) is 5.88 Å². The molecular weight excluding hydrogens is 240 g/mol. The molecule has 0 bridgehead atoms. The zero-order chi connectivity index (χ0) is 13.7. The predicted molar refractivity (Wildman–Crippen MR) is 76.1 cm³/mol. The lowest BCUT2D eigenvalue weighted by molar-refractivity contribution is 0.329. The topological polar surface area (TPSA) is 73.1 Å². The van der Waals surface area contributed by atoms with Crippen LogP contribution in [0.1, 0.15) is 25.5 Å². The second-order valence-corrected chi connectivity index (χ2v) is 4.18. The summed E-state index contributed by atoms with van der Waals surface area (Å²) in [5.41, 5.74) is 7.43. The van der Waals surface area contributed by atoms with Gasteiger partial charge in [0.05, 0.1) is 18.3 Å². The zero-order valence-electron chi connectivity index (χ0n) is 11.1. The average Bonchev–Trinajstić information content (AvgIpc) is 2.44. The summed E-state index contributed by atoms with van der Waals surface area (Å²) in [4.78, 5) is 8.45. The van der Waals surface area contributed by atoms with Crippen molar-refractivity contribution < 1.29 is 4.74 Å². The molecule has 0 amide bonds. The molecular formula is C14H18N4O. The molecule has 0 aromatic carbocycles. The Morgan fingerprint density at radius 3 is 2.89 bits per heavy atom. The predicted octanol–water partition coefficient (Wildman–Crippen LogP) is 2.63. The minimum absolute atomic E-state index is 0.110. The lowest BCUT2D eigenvalue weighted by Gasteiger charge is -2.15. The first-order chi connectivity index (χ1) is 9.20. The van der Waals surface area contributed by atoms with Gasteiger partial charge in [-0.3, -0.25) is 4.98 Å². The van der Waals surface area contributed by atoms with Gasteiger partial charge in [-0.25, -0.2) is 0 Å². The van der Waals surface area contributed by atoms with Gasteiger partial charge in [-0.1, -0.05) is 6.07 Å². The van der Waals surface area contributed by atoms with Gasteiger partial charge in [0.15, 0.2) is 0 Å². The van der Waals surface area contributed by atoms with Crippen molar-refractivity contribution in [1.29, 1.82) is 0 Å². The highest BCUT2D eigenvalue weighted by Crippen LogP contribution is 2.23. The molecule has 0 radical (unpaired) electrons. The molecule has 0 saturated carbocycles. The van der Waals surface area contributed by atoms with Gasteiger partial charge in [0.1, 0.15) is 5.82 Å². The summed E-state index contributed by atoms with van der Waals surface area (Å²) in [6.45, 7) is 4.49. The van der Waals surface area contributed by atoms with E-state index in [2.05, 4.69) is 22.2 Å². The number of hydrogen-bond donors (Lipinski definition) is 2. The number of pyridine rings is 2. The SMILES string of the molecule is CCOc1nc(NC(C)c2cccnc2)ccc1N. The molecule has 3 N–H and O–H groups in total. The highest BCUT2D eigenvalue weighted by molar-refractivity contribution is 5.54. The van der Waals surface area contributed by atoms with Crippen molar-refractivity contribution in [3.05, 3.63) is 42.2 Å². The summed E-state index contributed by atoms with van der Waals surface area (Å²) in [6.07, 6.45) is 3.59. The number of nitrogens with two attached hydrogens (primary N) is 1. The summed E-state index contributed by atoms with van der Waals surface area (Å²) in [5.74, 6) is 1.19. The van der Waals surface area contributed by atoms with Gasteiger partial charge in [0, 0.05) is 12.4 Å². The Morgan fingerprint density at radius 2 is 2.21 bits per heavy atom. The lowest BCUT2D eigenvalue weighted by Crippen LogP contribution is -2.09. The molecule has 2 heterocycles. The van der Waals surface area contributed by atoms with E-state index in [4.69, 9.17) is 10.5 Å². The van der Waals surface area contributed by atoms with Gasteiger partial charge in [-0.2, -0.15) is 4.98 Å². The van der Waals surface area contributed by atoms with Crippen LogP contribution in [0.3, 0.4) is 0 Å². The van der Waals surface area contributed by atoms with E-state index in [-0.39, 0.29) is 6.04 Å². The van der Waals surface area contributed by atoms with Gasteiger partial charge in [-0.15, -0.1) is 0 Å². The van der Waals surface area contributed by atoms with Crippen molar-refractivity contribution in [2.45, 2.75) is 19.9 Å². The molecule has 2 aromatic rings. The summed E-state index contributed by atoms with van der Waals surface area (Å²) >= 11 is 0. The minimum Gasteiger partial charge on any atom is -0.476 e. The highest BCUT2D eigenvalue weighted by Gasteiger charge is 2.08. The molecule has 1 atom stereocenters. The molecule has 0 aliphatic carbocycles. The van der Waals surface area contributed by atoms with Crippen LogP contribution in [-0.2, 0) is 0 Å². The molecule has 0 spiro atoms. The van der Waals surface area contributed by atoms with Gasteiger partial charge in [0.2, 0.25) is 5.88 Å². The second-order valence-electron chi connectivity index (χ2n) is 4.18. The van der Waals surface area contributed by atoms with Gasteiger partial charge < -0.3 is 15.8 Å². The quantitative estimate of drug-likeness (QED) is 0.862. The Morgan fingerprint density at radius 1 is 1.37 bits per heavy atom. The summed E-state index contributed by atoms with van der Waals surface area (Å²) < 4.78 is 5.38. The Kier molecular flexibility index (Phi) is 4.18. The molecule has 0 fully saturated rings. The fourth-order valence-corrected chi connectivity index (χ4v) is 1.72. The number of ether oxygens (including phenoxy) is 1. The maximum atomic E-state index is 5.79. The van der Waals surface area contributed by atoms with Crippen molar-refractivity contribution >= 4 is 11.5 Å². The van der Waals surface area contributed by atoms with Gasteiger partial charge in [0.25, 0.3) is 0 Å². The van der Waals surface area contributed by atoms with Gasteiger partial charge in [-0.05, 0) is 37.6 Å². The molecule has 0 aliphatic rings. The normalized spacial score (nSPS) is 11.9.